The zero-order valence-electron chi connectivity index (χ0n) is 18.8. The summed E-state index contributed by atoms with van der Waals surface area (Å²) in [5.41, 5.74) is -1.13. The molecule has 1 fully saturated rings. The van der Waals surface area contributed by atoms with E-state index in [1.165, 1.54) is 0 Å². The molecule has 5 N–H and O–H groups in total. The van der Waals surface area contributed by atoms with E-state index in [4.69, 9.17) is 9.29 Å². The van der Waals surface area contributed by atoms with Crippen molar-refractivity contribution in [1.82, 2.24) is 0 Å². The van der Waals surface area contributed by atoms with Gasteiger partial charge in [0.1, 0.15) is 34.9 Å². The number of ether oxygens (including phenoxy) is 1. The van der Waals surface area contributed by atoms with Crippen molar-refractivity contribution in [1.29, 1.82) is 0 Å². The van der Waals surface area contributed by atoms with Crippen molar-refractivity contribution >= 4 is 38.0 Å². The molecule has 0 aromatic carbocycles. The summed E-state index contributed by atoms with van der Waals surface area (Å²) < 4.78 is 51.0. The summed E-state index contributed by atoms with van der Waals surface area (Å²) in [6.07, 6.45) is 5.22. The van der Waals surface area contributed by atoms with Crippen molar-refractivity contribution in [3.8, 4) is 0 Å². The summed E-state index contributed by atoms with van der Waals surface area (Å²) in [6.45, 7) is -0.589. The molecule has 1 aliphatic heterocycles. The first-order valence-corrected chi connectivity index (χ1v) is 15.0. The van der Waals surface area contributed by atoms with Crippen LogP contribution in [-0.2, 0) is 30.2 Å². The largest absolute Gasteiger partial charge is 0.466 e. The lowest BCUT2D eigenvalue weighted by Crippen LogP contribution is -2.57. The molecule has 0 aromatic rings. The lowest BCUT2D eigenvalue weighted by molar-refractivity contribution is -0.205. The second-order valence-corrected chi connectivity index (χ2v) is 11.7. The van der Waals surface area contributed by atoms with Gasteiger partial charge in [-0.05, 0) is 19.3 Å². The second-order valence-electron chi connectivity index (χ2n) is 8.01. The van der Waals surface area contributed by atoms with Crippen LogP contribution in [0.15, 0.2) is 5.16 Å². The fourth-order valence-electron chi connectivity index (χ4n) is 3.33. The Balaban J connectivity index is 2.43. The van der Waals surface area contributed by atoms with Crippen LogP contribution in [0.2, 0.25) is 0 Å². The molecule has 0 saturated carbocycles. The number of hydrogen-bond acceptors (Lipinski definition) is 11. The Kier molecular flexibility index (Phi) is 15.2. The van der Waals surface area contributed by atoms with Gasteiger partial charge in [0.2, 0.25) is 0 Å². The number of aliphatic hydroxyl groups excluding tert-OH is 4. The van der Waals surface area contributed by atoms with E-state index in [1.807, 2.05) is 0 Å². The van der Waals surface area contributed by atoms with E-state index in [9.17, 15) is 33.1 Å². The van der Waals surface area contributed by atoms with Gasteiger partial charge in [-0.1, -0.05) is 61.9 Å². The van der Waals surface area contributed by atoms with E-state index in [-0.39, 0.29) is 11.5 Å². The van der Waals surface area contributed by atoms with Crippen LogP contribution < -0.4 is 0 Å². The average Bonchev–Trinajstić information content (AvgIpc) is 2.74. The number of unbranched alkanes of at least 4 members (excludes halogenated alkanes) is 8. The van der Waals surface area contributed by atoms with Gasteiger partial charge in [0, 0.05) is 22.8 Å². The maximum absolute atomic E-state index is 11.0. The molecule has 6 atom stereocenters. The van der Waals surface area contributed by atoms with Gasteiger partial charge >= 0.3 is 10.4 Å². The molecular formula is C19H37NO10S3. The first kappa shape index (κ1) is 30.7. The first-order valence-electron chi connectivity index (χ1n) is 11.0. The molecule has 11 nitrogen and oxygen atoms in total. The Morgan fingerprint density at radius 1 is 0.970 bits per heavy atom. The van der Waals surface area contributed by atoms with Crippen molar-refractivity contribution in [2.45, 2.75) is 94.1 Å². The quantitative estimate of drug-likeness (QED) is 0.0623. The van der Waals surface area contributed by atoms with Crippen molar-refractivity contribution in [3.63, 3.8) is 0 Å². The molecule has 0 bridgehead atoms. The highest BCUT2D eigenvalue weighted by Gasteiger charge is 2.44. The second kappa shape index (κ2) is 16.4. The van der Waals surface area contributed by atoms with Crippen molar-refractivity contribution in [2.24, 2.45) is 5.16 Å². The van der Waals surface area contributed by atoms with Crippen LogP contribution in [0, 0.1) is 0 Å². The van der Waals surface area contributed by atoms with Crippen LogP contribution in [0.25, 0.3) is 0 Å². The molecule has 0 radical (unpaired) electrons. The number of hydrogen-bond donors (Lipinski definition) is 5. The van der Waals surface area contributed by atoms with Gasteiger partial charge in [-0.25, -0.2) is 4.28 Å². The van der Waals surface area contributed by atoms with Gasteiger partial charge in [-0.2, -0.15) is 8.42 Å². The molecule has 1 heterocycles. The molecule has 1 aliphatic rings. The molecule has 0 amide bonds. The maximum atomic E-state index is 11.0. The van der Waals surface area contributed by atoms with Crippen LogP contribution in [0.1, 0.15) is 64.2 Å². The topological polar surface area (TPSA) is 183 Å². The monoisotopic (exact) mass is 535 g/mol. The van der Waals surface area contributed by atoms with Crippen LogP contribution in [0.3, 0.4) is 0 Å². The normalized spacial score (nSPS) is 27.5. The molecule has 0 spiro atoms. The summed E-state index contributed by atoms with van der Waals surface area (Å²) in [5.74, 6) is 0.756. The molecule has 1 unspecified atom stereocenters. The van der Waals surface area contributed by atoms with Gasteiger partial charge in [0.15, 0.2) is 0 Å². The molecule has 0 aliphatic carbocycles. The van der Waals surface area contributed by atoms with Crippen molar-refractivity contribution in [2.75, 3.05) is 18.6 Å². The Hall–Kier alpha value is -0.320. The zero-order valence-corrected chi connectivity index (χ0v) is 21.3. The van der Waals surface area contributed by atoms with Crippen molar-refractivity contribution in [3.05, 3.63) is 0 Å². The van der Waals surface area contributed by atoms with Gasteiger partial charge in [0.25, 0.3) is 0 Å². The van der Waals surface area contributed by atoms with Crippen LogP contribution >= 0.6 is 11.8 Å². The van der Waals surface area contributed by atoms with E-state index in [0.29, 0.717) is 6.42 Å². The SMILES string of the molecule is CS(=O)CCCCCCCCCCC/C(=N/OS(=O)(=O)O)S[C@@H]1O[C@H](CO)[C@@H](O)[C@H](O)[C@H]1O. The summed E-state index contributed by atoms with van der Waals surface area (Å²) >= 11 is 0.794. The van der Waals surface area contributed by atoms with E-state index >= 15 is 0 Å². The molecule has 33 heavy (non-hydrogen) atoms. The summed E-state index contributed by atoms with van der Waals surface area (Å²) in [5, 5.41) is 42.8. The van der Waals surface area contributed by atoms with Crippen LogP contribution in [0.4, 0.5) is 0 Å². The average molecular weight is 536 g/mol. The third-order valence-corrected chi connectivity index (χ3v) is 7.46. The highest BCUT2D eigenvalue weighted by atomic mass is 32.3. The van der Waals surface area contributed by atoms with Crippen LogP contribution in [0.5, 0.6) is 0 Å². The van der Waals surface area contributed by atoms with Crippen molar-refractivity contribution < 1.29 is 46.6 Å². The van der Waals surface area contributed by atoms with E-state index in [0.717, 1.165) is 68.9 Å². The molecule has 0 aromatic heterocycles. The predicted octanol–water partition coefficient (Wildman–Crippen LogP) is 0.932. The Labute approximate surface area is 202 Å². The van der Waals surface area contributed by atoms with Gasteiger partial charge in [0.05, 0.1) is 6.61 Å². The third-order valence-electron chi connectivity index (χ3n) is 5.16. The maximum Gasteiger partial charge on any atom is 0.466 e. The molecular weight excluding hydrogens is 498 g/mol. The van der Waals surface area contributed by atoms with E-state index in [2.05, 4.69) is 9.44 Å². The van der Waals surface area contributed by atoms with Crippen LogP contribution in [-0.4, -0.2) is 91.1 Å². The number of thioether (sulfide) groups is 1. The molecule has 1 saturated heterocycles. The van der Waals surface area contributed by atoms with E-state index < -0.39 is 57.7 Å². The Bertz CT molecular complexity index is 704. The highest BCUT2D eigenvalue weighted by Crippen LogP contribution is 2.31. The summed E-state index contributed by atoms with van der Waals surface area (Å²) in [6, 6.07) is 0. The predicted molar refractivity (Wildman–Crippen MR) is 127 cm³/mol. The lowest BCUT2D eigenvalue weighted by Gasteiger charge is -2.39. The summed E-state index contributed by atoms with van der Waals surface area (Å²) in [7, 11) is -5.54. The number of aliphatic hydroxyl groups is 4. The zero-order chi connectivity index (χ0) is 24.9. The molecule has 196 valence electrons. The first-order chi connectivity index (χ1) is 15.5. The number of nitrogens with zero attached hydrogens (tertiary/aromatic N) is 1. The number of rotatable bonds is 16. The fourth-order valence-corrected chi connectivity index (χ4v) is 5.28. The summed E-state index contributed by atoms with van der Waals surface area (Å²) in [4.78, 5) is 0. The Morgan fingerprint density at radius 2 is 1.52 bits per heavy atom. The van der Waals surface area contributed by atoms with Gasteiger partial charge < -0.3 is 25.2 Å². The minimum Gasteiger partial charge on any atom is -0.394 e. The Morgan fingerprint density at radius 3 is 2.03 bits per heavy atom. The lowest BCUT2D eigenvalue weighted by atomic mass is 10.0. The molecule has 14 heteroatoms. The van der Waals surface area contributed by atoms with Gasteiger partial charge in [-0.3, -0.25) is 8.76 Å². The minimum absolute atomic E-state index is 0.116. The minimum atomic E-state index is -4.82. The molecule has 1 rings (SSSR count). The van der Waals surface area contributed by atoms with Gasteiger partial charge in [-0.15, -0.1) is 0 Å². The number of oxime groups is 1. The highest BCUT2D eigenvalue weighted by molar-refractivity contribution is 8.14. The smallest absolute Gasteiger partial charge is 0.394 e. The fraction of sp³-hybridized carbons (Fsp3) is 0.947. The standard InChI is InChI=1S/C19H37NO10S3/c1-32(25)12-10-8-6-4-2-3-5-7-9-11-15(20-30-33(26,27)28)31-19-18(24)17(23)16(22)14(13-21)29-19/h14,16-19,21-24H,2-13H2,1H3,(H,26,27,28)/b20-15-/t14-,16-,17+,18-,19+,32?/m1/s1. The van der Waals surface area contributed by atoms with E-state index in [1.54, 1.807) is 6.26 Å². The third kappa shape index (κ3) is 13.4.